The number of hydrogen-bond acceptors (Lipinski definition) is 3. The highest BCUT2D eigenvalue weighted by Gasteiger charge is 2.40. The van der Waals surface area contributed by atoms with Gasteiger partial charge in [0, 0.05) is 16.8 Å². The number of fused-ring (bicyclic) bond motifs is 1. The zero-order chi connectivity index (χ0) is 16.1. The smallest absolute Gasteiger partial charge is 0.230 e. The lowest BCUT2D eigenvalue weighted by Gasteiger charge is -2.35. The fourth-order valence-electron chi connectivity index (χ4n) is 2.66. The number of amides is 2. The lowest BCUT2D eigenvalue weighted by molar-refractivity contribution is -0.166. The van der Waals surface area contributed by atoms with Crippen LogP contribution in [0.1, 0.15) is 26.7 Å². The summed E-state index contributed by atoms with van der Waals surface area (Å²) in [5.41, 5.74) is 0.749. The van der Waals surface area contributed by atoms with E-state index in [9.17, 15) is 9.59 Å². The van der Waals surface area contributed by atoms with Crippen LogP contribution in [-0.2, 0) is 14.3 Å². The number of carbonyl (C=O) groups is 2. The molecule has 0 bridgehead atoms. The first-order valence-electron chi connectivity index (χ1n) is 7.42. The quantitative estimate of drug-likeness (QED) is 0.851. The second-order valence-corrected chi connectivity index (χ2v) is 6.07. The highest BCUT2D eigenvalue weighted by Crippen LogP contribution is 2.30. The fourth-order valence-corrected chi connectivity index (χ4v) is 2.79. The normalized spacial score (nSPS) is 26.8. The van der Waals surface area contributed by atoms with E-state index in [2.05, 4.69) is 12.2 Å². The van der Waals surface area contributed by atoms with E-state index in [0.717, 1.165) is 18.5 Å². The summed E-state index contributed by atoms with van der Waals surface area (Å²) in [4.78, 5) is 23.5. The Morgan fingerprint density at radius 2 is 1.95 bits per heavy atom. The molecule has 3 atom stereocenters. The zero-order valence-electron chi connectivity index (χ0n) is 12.8. The molecule has 0 saturated carbocycles. The summed E-state index contributed by atoms with van der Waals surface area (Å²) in [6.45, 7) is 4.63. The fraction of sp³-hybridized carbons (Fsp3) is 0.500. The first-order chi connectivity index (χ1) is 10.5. The average Bonchev–Trinajstić information content (AvgIpc) is 2.88. The summed E-state index contributed by atoms with van der Waals surface area (Å²) in [6.07, 6.45) is 2.81. The molecular weight excluding hydrogens is 304 g/mol. The maximum Gasteiger partial charge on any atom is 0.230 e. The van der Waals surface area contributed by atoms with E-state index >= 15 is 0 Å². The number of nitrogens with one attached hydrogen (secondary N) is 1. The molecule has 1 aromatic rings. The molecule has 2 unspecified atom stereocenters. The van der Waals surface area contributed by atoms with Crippen LogP contribution in [0.2, 0.25) is 5.02 Å². The highest BCUT2D eigenvalue weighted by atomic mass is 35.5. The molecule has 0 radical (unpaired) electrons. The summed E-state index contributed by atoms with van der Waals surface area (Å²) < 4.78 is 5.56. The molecule has 5 nitrogen and oxygen atoms in total. The molecule has 1 N–H and O–H groups in total. The first-order valence-corrected chi connectivity index (χ1v) is 7.80. The average molecular weight is 325 g/mol. The Labute approximate surface area is 135 Å². The van der Waals surface area contributed by atoms with Crippen LogP contribution in [0.4, 0.5) is 5.69 Å². The molecule has 0 spiro atoms. The van der Waals surface area contributed by atoms with Gasteiger partial charge in [-0.1, -0.05) is 18.5 Å². The lowest BCUT2D eigenvalue weighted by Crippen LogP contribution is -2.49. The summed E-state index contributed by atoms with van der Waals surface area (Å²) in [6, 6.07) is 7.28. The zero-order valence-corrected chi connectivity index (χ0v) is 13.5. The largest absolute Gasteiger partial charge is 0.357 e. The predicted octanol–water partition coefficient (Wildman–Crippen LogP) is 2.90. The summed E-state index contributed by atoms with van der Waals surface area (Å²) in [5, 5.41) is 3.16. The molecule has 2 aliphatic rings. The van der Waals surface area contributed by atoms with Crippen LogP contribution in [-0.4, -0.2) is 36.1 Å². The number of rotatable bonds is 2. The number of anilines is 1. The number of hydrogen-bond donors (Lipinski definition) is 1. The van der Waals surface area contributed by atoms with E-state index < -0.39 is 0 Å². The van der Waals surface area contributed by atoms with Crippen LogP contribution in [0.15, 0.2) is 24.3 Å². The third kappa shape index (κ3) is 3.99. The van der Waals surface area contributed by atoms with Gasteiger partial charge in [-0.25, -0.2) is 0 Å². The van der Waals surface area contributed by atoms with Gasteiger partial charge in [-0.2, -0.15) is 0 Å². The maximum atomic E-state index is 11.7. The maximum absolute atomic E-state index is 11.7. The van der Waals surface area contributed by atoms with E-state index in [1.165, 1.54) is 0 Å². The van der Waals surface area contributed by atoms with Crippen molar-refractivity contribution in [1.29, 1.82) is 0 Å². The molecular formula is C16H21ClN2O3. The molecule has 22 heavy (non-hydrogen) atoms. The third-order valence-corrected chi connectivity index (χ3v) is 4.15. The minimum absolute atomic E-state index is 0.0572. The minimum atomic E-state index is 0.0572. The molecule has 0 aromatic heterocycles. The van der Waals surface area contributed by atoms with Crippen molar-refractivity contribution in [2.45, 2.75) is 39.0 Å². The number of carbonyl (C=O) groups excluding carboxylic acids is 2. The molecule has 2 amide bonds. The Kier molecular flexibility index (Phi) is 5.80. The molecule has 120 valence electrons. The number of nitrogens with zero attached hydrogens (tertiary/aromatic N) is 1. The molecule has 2 aliphatic heterocycles. The van der Waals surface area contributed by atoms with E-state index in [0.29, 0.717) is 24.1 Å². The van der Waals surface area contributed by atoms with E-state index in [4.69, 9.17) is 16.3 Å². The second-order valence-electron chi connectivity index (χ2n) is 5.63. The van der Waals surface area contributed by atoms with Gasteiger partial charge in [0.25, 0.3) is 0 Å². The molecule has 0 aliphatic carbocycles. The number of benzene rings is 1. The Morgan fingerprint density at radius 1 is 1.27 bits per heavy atom. The number of halogens is 1. The lowest BCUT2D eigenvalue weighted by atomic mass is 10.1. The van der Waals surface area contributed by atoms with Crippen molar-refractivity contribution in [2.75, 3.05) is 11.9 Å². The molecule has 2 heterocycles. The van der Waals surface area contributed by atoms with Crippen molar-refractivity contribution in [2.24, 2.45) is 5.92 Å². The molecule has 3 rings (SSSR count). The SMILES string of the molecule is CC1CCC2OC[C@H](C)C(=O)N12.O=CNc1ccc(Cl)cc1. The van der Waals surface area contributed by atoms with Crippen LogP contribution in [0.25, 0.3) is 0 Å². The topological polar surface area (TPSA) is 58.6 Å². The Morgan fingerprint density at radius 3 is 2.59 bits per heavy atom. The van der Waals surface area contributed by atoms with Gasteiger partial charge < -0.3 is 15.0 Å². The summed E-state index contributed by atoms with van der Waals surface area (Å²) in [7, 11) is 0. The minimum Gasteiger partial charge on any atom is -0.357 e. The van der Waals surface area contributed by atoms with Gasteiger partial charge in [0.1, 0.15) is 6.23 Å². The van der Waals surface area contributed by atoms with Crippen molar-refractivity contribution in [3.05, 3.63) is 29.3 Å². The van der Waals surface area contributed by atoms with Gasteiger partial charge in [-0.05, 0) is 44.0 Å². The van der Waals surface area contributed by atoms with Crippen molar-refractivity contribution >= 4 is 29.6 Å². The monoisotopic (exact) mass is 324 g/mol. The van der Waals surface area contributed by atoms with Crippen LogP contribution >= 0.6 is 11.6 Å². The van der Waals surface area contributed by atoms with Gasteiger partial charge in [0.05, 0.1) is 12.5 Å². The first kappa shape index (κ1) is 16.8. The molecule has 2 fully saturated rings. The standard InChI is InChI=1S/C9H15NO2.C7H6ClNO/c1-6-5-12-8-4-3-7(2)10(8)9(6)11;8-6-1-3-7(4-2-6)9-5-10/h6-8H,3-5H2,1-2H3;1-5H,(H,9,10)/t6-,7?,8?;/m0./s1. The van der Waals surface area contributed by atoms with Gasteiger partial charge in [0.15, 0.2) is 0 Å². The van der Waals surface area contributed by atoms with Crippen molar-refractivity contribution in [1.82, 2.24) is 4.90 Å². The Hall–Kier alpha value is -1.59. The molecule has 6 heteroatoms. The van der Waals surface area contributed by atoms with Crippen molar-refractivity contribution in [3.8, 4) is 0 Å². The van der Waals surface area contributed by atoms with Crippen molar-refractivity contribution in [3.63, 3.8) is 0 Å². The Bertz CT molecular complexity index is 521. The summed E-state index contributed by atoms with van der Waals surface area (Å²) >= 11 is 5.60. The van der Waals surface area contributed by atoms with Gasteiger partial charge in [-0.3, -0.25) is 9.59 Å². The van der Waals surface area contributed by atoms with E-state index in [-0.39, 0.29) is 18.1 Å². The third-order valence-electron chi connectivity index (χ3n) is 3.90. The Balaban J connectivity index is 0.000000164. The van der Waals surface area contributed by atoms with E-state index in [1.807, 2.05) is 11.8 Å². The second kappa shape index (κ2) is 7.61. The predicted molar refractivity (Wildman–Crippen MR) is 85.6 cm³/mol. The highest BCUT2D eigenvalue weighted by molar-refractivity contribution is 6.30. The van der Waals surface area contributed by atoms with Crippen LogP contribution in [0.3, 0.4) is 0 Å². The number of ether oxygens (including phenoxy) is 1. The van der Waals surface area contributed by atoms with Gasteiger partial charge in [0.2, 0.25) is 12.3 Å². The van der Waals surface area contributed by atoms with Crippen LogP contribution in [0, 0.1) is 5.92 Å². The van der Waals surface area contributed by atoms with Crippen molar-refractivity contribution < 1.29 is 14.3 Å². The van der Waals surface area contributed by atoms with Gasteiger partial charge in [-0.15, -0.1) is 0 Å². The summed E-state index contributed by atoms with van der Waals surface area (Å²) in [5.74, 6) is 0.332. The van der Waals surface area contributed by atoms with Crippen LogP contribution < -0.4 is 5.32 Å². The molecule has 2 saturated heterocycles. The van der Waals surface area contributed by atoms with Crippen LogP contribution in [0.5, 0.6) is 0 Å². The van der Waals surface area contributed by atoms with E-state index in [1.54, 1.807) is 24.3 Å². The van der Waals surface area contributed by atoms with Gasteiger partial charge >= 0.3 is 0 Å². The molecule has 1 aromatic carbocycles.